The van der Waals surface area contributed by atoms with Crippen molar-refractivity contribution >= 4 is 11.9 Å². The maximum atomic E-state index is 13.2. The molecule has 6 heteroatoms. The average molecular weight is 397 g/mol. The predicted octanol–water partition coefficient (Wildman–Crippen LogP) is 3.98. The number of carbonyl (C=O) groups is 2. The monoisotopic (exact) mass is 397 g/mol. The molecular weight excluding hydrogens is 369 g/mol. The van der Waals surface area contributed by atoms with Gasteiger partial charge in [0, 0.05) is 6.54 Å². The fourth-order valence-electron chi connectivity index (χ4n) is 3.52. The van der Waals surface area contributed by atoms with Crippen molar-refractivity contribution in [1.82, 2.24) is 15.1 Å². The van der Waals surface area contributed by atoms with E-state index in [0.717, 1.165) is 5.56 Å². The lowest BCUT2D eigenvalue weighted by atomic mass is 9.87. The predicted molar refractivity (Wildman–Crippen MR) is 111 cm³/mol. The first kappa shape index (κ1) is 21.0. The molecule has 0 aromatic heterocycles. The molecule has 29 heavy (non-hydrogen) atoms. The summed E-state index contributed by atoms with van der Waals surface area (Å²) in [4.78, 5) is 28.6. The van der Waals surface area contributed by atoms with E-state index in [2.05, 4.69) is 50.4 Å². The molecule has 0 spiro atoms. The Morgan fingerprint density at radius 2 is 1.62 bits per heavy atom. The number of benzene rings is 2. The highest BCUT2D eigenvalue weighted by molar-refractivity contribution is 6.07. The van der Waals surface area contributed by atoms with Gasteiger partial charge in [-0.25, -0.2) is 14.1 Å². The van der Waals surface area contributed by atoms with Gasteiger partial charge in [-0.2, -0.15) is 0 Å². The number of rotatable bonds is 5. The summed E-state index contributed by atoms with van der Waals surface area (Å²) >= 11 is 0. The molecule has 3 rings (SSSR count). The van der Waals surface area contributed by atoms with Crippen molar-refractivity contribution in [1.29, 1.82) is 0 Å². The molecule has 2 aromatic carbocycles. The van der Waals surface area contributed by atoms with Crippen molar-refractivity contribution in [2.24, 2.45) is 0 Å². The largest absolute Gasteiger partial charge is 0.326 e. The molecule has 1 heterocycles. The average Bonchev–Trinajstić information content (AvgIpc) is 2.86. The third-order valence-electron chi connectivity index (χ3n) is 5.35. The van der Waals surface area contributed by atoms with Crippen LogP contribution >= 0.6 is 0 Å². The van der Waals surface area contributed by atoms with E-state index in [1.807, 2.05) is 11.9 Å². The number of hydrogen-bond donors (Lipinski definition) is 1. The Kier molecular flexibility index (Phi) is 5.50. The Labute approximate surface area is 171 Å². The molecule has 2 aromatic rings. The van der Waals surface area contributed by atoms with Crippen molar-refractivity contribution in [2.45, 2.75) is 45.2 Å². The van der Waals surface area contributed by atoms with Crippen LogP contribution in [0.5, 0.6) is 0 Å². The summed E-state index contributed by atoms with van der Waals surface area (Å²) in [6.07, 6.45) is 0. The van der Waals surface area contributed by atoms with Gasteiger partial charge in [-0.05, 0) is 48.2 Å². The Morgan fingerprint density at radius 3 is 2.17 bits per heavy atom. The minimum Gasteiger partial charge on any atom is -0.319 e. The maximum Gasteiger partial charge on any atom is 0.326 e. The van der Waals surface area contributed by atoms with Gasteiger partial charge in [-0.1, -0.05) is 57.2 Å². The van der Waals surface area contributed by atoms with Gasteiger partial charge < -0.3 is 5.32 Å². The molecule has 0 radical (unpaired) electrons. The highest BCUT2D eigenvalue weighted by Crippen LogP contribution is 2.29. The number of amides is 3. The van der Waals surface area contributed by atoms with Crippen LogP contribution in [0.1, 0.15) is 44.4 Å². The molecule has 0 aliphatic carbocycles. The van der Waals surface area contributed by atoms with Crippen LogP contribution in [-0.2, 0) is 22.3 Å². The molecular formula is C23H28FN3O2. The van der Waals surface area contributed by atoms with Crippen molar-refractivity contribution in [3.8, 4) is 0 Å². The van der Waals surface area contributed by atoms with Gasteiger partial charge in [0.2, 0.25) is 0 Å². The van der Waals surface area contributed by atoms with Gasteiger partial charge in [-0.15, -0.1) is 0 Å². The molecule has 5 nitrogen and oxygen atoms in total. The van der Waals surface area contributed by atoms with E-state index < -0.39 is 11.6 Å². The van der Waals surface area contributed by atoms with Crippen molar-refractivity contribution in [3.05, 3.63) is 71.0 Å². The molecule has 154 valence electrons. The Morgan fingerprint density at radius 1 is 1.03 bits per heavy atom. The Balaban J connectivity index is 1.69. The van der Waals surface area contributed by atoms with E-state index in [1.54, 1.807) is 6.92 Å². The van der Waals surface area contributed by atoms with E-state index in [0.29, 0.717) is 12.1 Å². The summed E-state index contributed by atoms with van der Waals surface area (Å²) in [5.74, 6) is -0.729. The number of imide groups is 1. The van der Waals surface area contributed by atoms with Crippen molar-refractivity contribution in [3.63, 3.8) is 0 Å². The van der Waals surface area contributed by atoms with Crippen LogP contribution in [0, 0.1) is 5.82 Å². The molecule has 1 N–H and O–H groups in total. The highest BCUT2D eigenvalue weighted by Gasteiger charge is 2.49. The summed E-state index contributed by atoms with van der Waals surface area (Å²) in [6, 6.07) is 13.6. The van der Waals surface area contributed by atoms with E-state index in [9.17, 15) is 14.0 Å². The highest BCUT2D eigenvalue weighted by atomic mass is 19.1. The zero-order valence-corrected chi connectivity index (χ0v) is 17.6. The zero-order chi connectivity index (χ0) is 21.4. The first-order valence-corrected chi connectivity index (χ1v) is 9.69. The lowest BCUT2D eigenvalue weighted by Gasteiger charge is -2.25. The van der Waals surface area contributed by atoms with Crippen molar-refractivity contribution < 1.29 is 14.0 Å². The lowest BCUT2D eigenvalue weighted by molar-refractivity contribution is -0.132. The van der Waals surface area contributed by atoms with E-state index >= 15 is 0 Å². The summed E-state index contributed by atoms with van der Waals surface area (Å²) in [6.45, 7) is 8.93. The third kappa shape index (κ3) is 4.32. The summed E-state index contributed by atoms with van der Waals surface area (Å²) in [7, 11) is 1.87. The topological polar surface area (TPSA) is 52.6 Å². The van der Waals surface area contributed by atoms with Crippen LogP contribution in [0.3, 0.4) is 0 Å². The first-order valence-electron chi connectivity index (χ1n) is 9.69. The summed E-state index contributed by atoms with van der Waals surface area (Å²) in [5, 5.41) is 2.75. The van der Waals surface area contributed by atoms with Crippen LogP contribution in [-0.4, -0.2) is 35.5 Å². The van der Waals surface area contributed by atoms with Gasteiger partial charge in [0.1, 0.15) is 11.4 Å². The molecule has 1 saturated heterocycles. The number of nitrogens with one attached hydrogen (secondary N) is 1. The smallest absolute Gasteiger partial charge is 0.319 e. The van der Waals surface area contributed by atoms with Crippen LogP contribution in [0.25, 0.3) is 0 Å². The second kappa shape index (κ2) is 7.59. The minimum absolute atomic E-state index is 0.0926. The second-order valence-corrected chi connectivity index (χ2v) is 8.90. The molecule has 0 saturated carbocycles. The van der Waals surface area contributed by atoms with Crippen molar-refractivity contribution in [2.75, 3.05) is 13.7 Å². The number of carbonyl (C=O) groups excluding carboxylic acids is 2. The van der Waals surface area contributed by atoms with Crippen LogP contribution in [0.2, 0.25) is 0 Å². The molecule has 0 unspecified atom stereocenters. The maximum absolute atomic E-state index is 13.2. The van der Waals surface area contributed by atoms with E-state index in [-0.39, 0.29) is 23.8 Å². The van der Waals surface area contributed by atoms with Gasteiger partial charge in [0.05, 0.1) is 6.67 Å². The van der Waals surface area contributed by atoms with E-state index in [4.69, 9.17) is 0 Å². The number of urea groups is 1. The van der Waals surface area contributed by atoms with Crippen LogP contribution in [0.15, 0.2) is 48.5 Å². The Bertz CT molecular complexity index is 903. The molecule has 1 fully saturated rings. The molecule has 3 amide bonds. The first-order chi connectivity index (χ1) is 13.5. The molecule has 1 atom stereocenters. The summed E-state index contributed by atoms with van der Waals surface area (Å²) < 4.78 is 13.2. The van der Waals surface area contributed by atoms with Crippen LogP contribution < -0.4 is 5.32 Å². The van der Waals surface area contributed by atoms with Gasteiger partial charge in [0.15, 0.2) is 0 Å². The zero-order valence-electron chi connectivity index (χ0n) is 17.6. The third-order valence-corrected chi connectivity index (χ3v) is 5.35. The molecule has 0 bridgehead atoms. The summed E-state index contributed by atoms with van der Waals surface area (Å²) in [5.41, 5.74) is 1.82. The van der Waals surface area contributed by atoms with Gasteiger partial charge in [-0.3, -0.25) is 9.69 Å². The molecule has 1 aliphatic heterocycles. The van der Waals surface area contributed by atoms with E-state index in [1.165, 1.54) is 34.7 Å². The minimum atomic E-state index is -1.19. The number of hydrogen-bond acceptors (Lipinski definition) is 3. The second-order valence-electron chi connectivity index (χ2n) is 8.90. The number of halogens is 1. The molecule has 1 aliphatic rings. The van der Waals surface area contributed by atoms with Gasteiger partial charge in [0.25, 0.3) is 5.91 Å². The SMILES string of the molecule is CN(Cc1ccc(C(C)(C)C)cc1)CN1C(=O)N[C@](C)(c2ccc(F)cc2)C1=O. The standard InChI is InChI=1S/C23H28FN3O2/c1-22(2,3)17-8-6-16(7-9-17)14-26(5)15-27-20(28)23(4,25-21(27)29)18-10-12-19(24)13-11-18/h6-13H,14-15H2,1-5H3,(H,25,29)/t23-/m1/s1. The Hall–Kier alpha value is -2.73. The fourth-order valence-corrected chi connectivity index (χ4v) is 3.52. The quantitative estimate of drug-likeness (QED) is 0.777. The van der Waals surface area contributed by atoms with Crippen LogP contribution in [0.4, 0.5) is 9.18 Å². The van der Waals surface area contributed by atoms with Gasteiger partial charge >= 0.3 is 6.03 Å². The lowest BCUT2D eigenvalue weighted by Crippen LogP contribution is -2.42. The normalized spacial score (nSPS) is 19.8. The number of nitrogens with zero attached hydrogens (tertiary/aromatic N) is 2. The fraction of sp³-hybridized carbons (Fsp3) is 0.391.